The highest BCUT2D eigenvalue weighted by atomic mass is 32.2. The number of nitrogens with zero attached hydrogens (tertiary/aromatic N) is 5. The average molecular weight is 494 g/mol. The Labute approximate surface area is 202 Å². The Hall–Kier alpha value is -3.08. The lowest BCUT2D eigenvalue weighted by molar-refractivity contribution is 0.102. The fourth-order valence-corrected chi connectivity index (χ4v) is 6.35. The van der Waals surface area contributed by atoms with Crippen molar-refractivity contribution in [1.82, 2.24) is 24.1 Å². The number of sulfonamides is 1. The first kappa shape index (κ1) is 22.7. The molecule has 5 rings (SSSR count). The summed E-state index contributed by atoms with van der Waals surface area (Å²) < 4.78 is 28.9. The molecule has 174 valence electrons. The number of thioether (sulfide) groups is 1. The van der Waals surface area contributed by atoms with E-state index in [0.29, 0.717) is 29.3 Å². The van der Waals surface area contributed by atoms with Gasteiger partial charge in [0.15, 0.2) is 11.4 Å². The van der Waals surface area contributed by atoms with E-state index < -0.39 is 10.0 Å². The molecule has 10 heteroatoms. The molecule has 8 nitrogen and oxygen atoms in total. The third kappa shape index (κ3) is 4.48. The summed E-state index contributed by atoms with van der Waals surface area (Å²) in [6.45, 7) is 1.10. The van der Waals surface area contributed by atoms with Crippen LogP contribution in [0.4, 0.5) is 0 Å². The van der Waals surface area contributed by atoms with Gasteiger partial charge in [-0.15, -0.1) is 0 Å². The van der Waals surface area contributed by atoms with E-state index in [0.717, 1.165) is 30.3 Å². The van der Waals surface area contributed by atoms with Crippen LogP contribution in [0.2, 0.25) is 0 Å². The molecule has 0 bridgehead atoms. The lowest BCUT2D eigenvalue weighted by Gasteiger charge is -2.25. The molecule has 0 spiro atoms. The molecular weight excluding hydrogens is 470 g/mol. The maximum atomic E-state index is 12.8. The summed E-state index contributed by atoms with van der Waals surface area (Å²) in [4.78, 5) is 21.7. The van der Waals surface area contributed by atoms with E-state index in [-0.39, 0.29) is 16.4 Å². The van der Waals surface area contributed by atoms with Crippen molar-refractivity contribution < 1.29 is 13.2 Å². The third-order valence-corrected chi connectivity index (χ3v) is 8.72. The first-order valence-electron chi connectivity index (χ1n) is 11.0. The van der Waals surface area contributed by atoms with Crippen LogP contribution in [0, 0.1) is 0 Å². The van der Waals surface area contributed by atoms with Gasteiger partial charge in [-0.1, -0.05) is 48.5 Å². The summed E-state index contributed by atoms with van der Waals surface area (Å²) in [6, 6.07) is 15.9. The molecule has 0 atom stereocenters. The predicted molar refractivity (Wildman–Crippen MR) is 131 cm³/mol. The molecule has 0 saturated carbocycles. The maximum Gasteiger partial charge on any atom is 0.243 e. The van der Waals surface area contributed by atoms with Crippen LogP contribution in [0.25, 0.3) is 16.7 Å². The van der Waals surface area contributed by atoms with Gasteiger partial charge in [-0.25, -0.2) is 23.1 Å². The van der Waals surface area contributed by atoms with Gasteiger partial charge in [-0.05, 0) is 37.1 Å². The second-order valence-corrected chi connectivity index (χ2v) is 10.9. The van der Waals surface area contributed by atoms with E-state index in [4.69, 9.17) is 0 Å². The Morgan fingerprint density at radius 3 is 2.41 bits per heavy atom. The molecule has 0 radical (unpaired) electrons. The summed E-state index contributed by atoms with van der Waals surface area (Å²) >= 11 is 1.31. The summed E-state index contributed by atoms with van der Waals surface area (Å²) in [5.41, 5.74) is 2.03. The molecule has 0 amide bonds. The molecule has 1 aliphatic heterocycles. The number of benzene rings is 2. The highest BCUT2D eigenvalue weighted by Crippen LogP contribution is 2.27. The first-order chi connectivity index (χ1) is 16.5. The van der Waals surface area contributed by atoms with Gasteiger partial charge in [0.25, 0.3) is 0 Å². The van der Waals surface area contributed by atoms with Gasteiger partial charge < -0.3 is 0 Å². The van der Waals surface area contributed by atoms with Crippen molar-refractivity contribution >= 4 is 38.6 Å². The number of para-hydroxylation sites is 1. The Morgan fingerprint density at radius 2 is 1.68 bits per heavy atom. The average Bonchev–Trinajstić information content (AvgIpc) is 3.33. The zero-order chi connectivity index (χ0) is 23.5. The van der Waals surface area contributed by atoms with E-state index in [1.807, 2.05) is 30.3 Å². The van der Waals surface area contributed by atoms with Gasteiger partial charge in [0, 0.05) is 18.7 Å². The highest BCUT2D eigenvalue weighted by Gasteiger charge is 2.26. The Morgan fingerprint density at radius 1 is 0.941 bits per heavy atom. The van der Waals surface area contributed by atoms with Crippen molar-refractivity contribution in [2.24, 2.45) is 0 Å². The van der Waals surface area contributed by atoms with Gasteiger partial charge in [0.1, 0.15) is 11.4 Å². The fourth-order valence-electron chi connectivity index (χ4n) is 3.98. The molecule has 0 unspecified atom stereocenters. The Balaban J connectivity index is 1.30. The third-order valence-electron chi connectivity index (χ3n) is 5.80. The summed E-state index contributed by atoms with van der Waals surface area (Å²) in [5, 5.41) is 5.88. The smallest absolute Gasteiger partial charge is 0.243 e. The molecule has 4 aromatic rings. The number of carbonyl (C=O) groups is 1. The van der Waals surface area contributed by atoms with Gasteiger partial charge in [0.2, 0.25) is 10.0 Å². The number of carbonyl (C=O) groups excluding carboxylic acids is 1. The van der Waals surface area contributed by atoms with E-state index in [2.05, 4.69) is 15.1 Å². The van der Waals surface area contributed by atoms with Crippen LogP contribution in [0.15, 0.2) is 77.0 Å². The quantitative estimate of drug-likeness (QED) is 0.218. The summed E-state index contributed by atoms with van der Waals surface area (Å²) in [5.74, 6) is 0.0649. The zero-order valence-corrected chi connectivity index (χ0v) is 20.0. The fraction of sp³-hybridized carbons (Fsp3) is 0.250. The van der Waals surface area contributed by atoms with Crippen LogP contribution in [0.3, 0.4) is 0 Å². The molecule has 2 aromatic carbocycles. The second kappa shape index (κ2) is 9.65. The van der Waals surface area contributed by atoms with Gasteiger partial charge in [-0.2, -0.15) is 9.40 Å². The minimum atomic E-state index is -3.51. The molecular formula is C24H23N5O3S2. The number of hydrogen-bond donors (Lipinski definition) is 0. The van der Waals surface area contributed by atoms with Crippen LogP contribution in [-0.4, -0.2) is 57.1 Å². The monoisotopic (exact) mass is 493 g/mol. The minimum absolute atomic E-state index is 0.103. The van der Waals surface area contributed by atoms with Crippen LogP contribution in [-0.2, 0) is 10.0 Å². The van der Waals surface area contributed by atoms with E-state index in [9.17, 15) is 13.2 Å². The van der Waals surface area contributed by atoms with Crippen molar-refractivity contribution in [3.05, 3.63) is 72.7 Å². The van der Waals surface area contributed by atoms with Crippen molar-refractivity contribution in [3.63, 3.8) is 0 Å². The number of hydrogen-bond acceptors (Lipinski definition) is 7. The molecule has 0 N–H and O–H groups in total. The molecule has 0 aliphatic carbocycles. The second-order valence-electron chi connectivity index (χ2n) is 8.01. The lowest BCUT2D eigenvalue weighted by atomic mass is 10.1. The van der Waals surface area contributed by atoms with Crippen molar-refractivity contribution in [2.45, 2.75) is 29.2 Å². The van der Waals surface area contributed by atoms with Gasteiger partial charge in [0.05, 0.1) is 27.9 Å². The number of fused-ring (bicyclic) bond motifs is 1. The van der Waals surface area contributed by atoms with Crippen LogP contribution < -0.4 is 0 Å². The molecule has 1 fully saturated rings. The molecule has 34 heavy (non-hydrogen) atoms. The summed E-state index contributed by atoms with van der Waals surface area (Å²) in [6.07, 6.45) is 6.00. The molecule has 2 aromatic heterocycles. The van der Waals surface area contributed by atoms with Crippen LogP contribution in [0.1, 0.15) is 29.6 Å². The SMILES string of the molecule is O=C(CSc1ncnc2c1cnn2-c1ccccc1)c1ccc(S(=O)(=O)N2CCCCC2)cc1. The van der Waals surface area contributed by atoms with Crippen molar-refractivity contribution in [2.75, 3.05) is 18.8 Å². The Bertz CT molecular complexity index is 1410. The summed E-state index contributed by atoms with van der Waals surface area (Å²) in [7, 11) is -3.51. The van der Waals surface area contributed by atoms with E-state index >= 15 is 0 Å². The number of aromatic nitrogens is 4. The molecule has 1 saturated heterocycles. The van der Waals surface area contributed by atoms with Crippen molar-refractivity contribution in [1.29, 1.82) is 0 Å². The normalized spacial score (nSPS) is 14.9. The highest BCUT2D eigenvalue weighted by molar-refractivity contribution is 8.00. The first-order valence-corrected chi connectivity index (χ1v) is 13.5. The van der Waals surface area contributed by atoms with E-state index in [1.54, 1.807) is 23.0 Å². The zero-order valence-electron chi connectivity index (χ0n) is 18.4. The predicted octanol–water partition coefficient (Wildman–Crippen LogP) is 3.97. The van der Waals surface area contributed by atoms with Crippen LogP contribution in [0.5, 0.6) is 0 Å². The number of rotatable bonds is 7. The Kier molecular flexibility index (Phi) is 6.44. The minimum Gasteiger partial charge on any atom is -0.293 e. The number of ketones is 1. The number of Topliss-reactive ketones (excluding diaryl/α,β-unsaturated/α-hetero) is 1. The standard InChI is InChI=1S/C24H23N5O3S2/c30-22(18-9-11-20(12-10-18)34(31,32)28-13-5-2-6-14-28)16-33-24-21-15-27-29(23(21)25-17-26-24)19-7-3-1-4-8-19/h1,3-4,7-12,15,17H,2,5-6,13-14,16H2. The van der Waals surface area contributed by atoms with Crippen molar-refractivity contribution in [3.8, 4) is 5.69 Å². The van der Waals surface area contributed by atoms with Gasteiger partial charge in [-0.3, -0.25) is 4.79 Å². The van der Waals surface area contributed by atoms with E-state index in [1.165, 1.54) is 34.5 Å². The molecule has 1 aliphatic rings. The topological polar surface area (TPSA) is 98.0 Å². The lowest BCUT2D eigenvalue weighted by Crippen LogP contribution is -2.35. The largest absolute Gasteiger partial charge is 0.293 e. The van der Waals surface area contributed by atoms with Gasteiger partial charge >= 0.3 is 0 Å². The van der Waals surface area contributed by atoms with Crippen LogP contribution >= 0.6 is 11.8 Å². The molecule has 3 heterocycles. The maximum absolute atomic E-state index is 12.8. The number of piperidine rings is 1.